The zero-order valence-electron chi connectivity index (χ0n) is 11.4. The summed E-state index contributed by atoms with van der Waals surface area (Å²) in [5.41, 5.74) is -0.287. The Hall–Kier alpha value is -3.01. The van der Waals surface area contributed by atoms with E-state index in [0.29, 0.717) is 5.52 Å². The molecule has 3 aromatic rings. The molecule has 2 aromatic carbocycles. The molecule has 118 valence electrons. The lowest BCUT2D eigenvalue weighted by molar-refractivity contribution is -0.387. The minimum absolute atomic E-state index is 0.0466. The van der Waals surface area contributed by atoms with E-state index in [1.165, 1.54) is 24.3 Å². The van der Waals surface area contributed by atoms with Crippen LogP contribution in [0.25, 0.3) is 10.9 Å². The van der Waals surface area contributed by atoms with Gasteiger partial charge in [-0.15, -0.1) is 0 Å². The van der Waals surface area contributed by atoms with Crippen molar-refractivity contribution in [2.24, 2.45) is 0 Å². The molecule has 0 amide bonds. The quantitative estimate of drug-likeness (QED) is 0.560. The van der Waals surface area contributed by atoms with Crippen LogP contribution in [0.15, 0.2) is 47.4 Å². The van der Waals surface area contributed by atoms with E-state index >= 15 is 0 Å². The molecular weight excluding hydrogens is 327 g/mol. The SMILES string of the molecule is O=[N+]([O-])c1ccccc1S(=O)(=O)Nc1n[nH]c2cccc(F)c12. The Kier molecular flexibility index (Phi) is 3.45. The molecule has 1 aromatic heterocycles. The van der Waals surface area contributed by atoms with Crippen LogP contribution in [0.1, 0.15) is 0 Å². The predicted octanol–water partition coefficient (Wildman–Crippen LogP) is 2.41. The van der Waals surface area contributed by atoms with Gasteiger partial charge in [0.2, 0.25) is 0 Å². The summed E-state index contributed by atoms with van der Waals surface area (Å²) >= 11 is 0. The van der Waals surface area contributed by atoms with Crippen molar-refractivity contribution in [2.45, 2.75) is 4.90 Å². The van der Waals surface area contributed by atoms with E-state index in [1.807, 2.05) is 0 Å². The first-order chi connectivity index (χ1) is 10.9. The fraction of sp³-hybridized carbons (Fsp3) is 0. The van der Waals surface area contributed by atoms with Crippen molar-refractivity contribution in [1.82, 2.24) is 10.2 Å². The number of aromatic nitrogens is 2. The minimum atomic E-state index is -4.31. The van der Waals surface area contributed by atoms with Crippen molar-refractivity contribution in [3.05, 3.63) is 58.4 Å². The fourth-order valence-corrected chi connectivity index (χ4v) is 3.31. The number of hydrogen-bond acceptors (Lipinski definition) is 5. The number of sulfonamides is 1. The number of aromatic amines is 1. The Morgan fingerprint density at radius 3 is 2.65 bits per heavy atom. The number of fused-ring (bicyclic) bond motifs is 1. The average molecular weight is 336 g/mol. The molecule has 0 bridgehead atoms. The number of hydrogen-bond donors (Lipinski definition) is 2. The molecule has 0 aliphatic heterocycles. The van der Waals surface area contributed by atoms with E-state index in [-0.39, 0.29) is 11.2 Å². The molecule has 0 saturated heterocycles. The number of benzene rings is 2. The Labute approximate surface area is 129 Å². The number of nitro groups is 1. The molecule has 0 aliphatic carbocycles. The first-order valence-corrected chi connectivity index (χ1v) is 7.77. The lowest BCUT2D eigenvalue weighted by Gasteiger charge is -2.06. The summed E-state index contributed by atoms with van der Waals surface area (Å²) < 4.78 is 40.7. The zero-order valence-corrected chi connectivity index (χ0v) is 12.2. The second-order valence-electron chi connectivity index (χ2n) is 4.56. The van der Waals surface area contributed by atoms with Crippen LogP contribution in [-0.2, 0) is 10.0 Å². The smallest absolute Gasteiger partial charge is 0.276 e. The molecule has 0 atom stereocenters. The number of H-pyrrole nitrogens is 1. The molecule has 0 fully saturated rings. The molecule has 8 nitrogen and oxygen atoms in total. The number of nitrogens with one attached hydrogen (secondary N) is 2. The van der Waals surface area contributed by atoms with Gasteiger partial charge in [-0.25, -0.2) is 12.8 Å². The maximum atomic E-state index is 13.9. The molecule has 1 heterocycles. The maximum absolute atomic E-state index is 13.9. The Bertz CT molecular complexity index is 1020. The summed E-state index contributed by atoms with van der Waals surface area (Å²) in [6.07, 6.45) is 0. The average Bonchev–Trinajstić information content (AvgIpc) is 2.91. The maximum Gasteiger partial charge on any atom is 0.289 e. The van der Waals surface area contributed by atoms with Crippen molar-refractivity contribution >= 4 is 32.4 Å². The van der Waals surface area contributed by atoms with Gasteiger partial charge in [-0.1, -0.05) is 18.2 Å². The van der Waals surface area contributed by atoms with Gasteiger partial charge in [-0.2, -0.15) is 5.10 Å². The first-order valence-electron chi connectivity index (χ1n) is 6.29. The van der Waals surface area contributed by atoms with Crippen LogP contribution in [0.2, 0.25) is 0 Å². The number of anilines is 1. The highest BCUT2D eigenvalue weighted by Gasteiger charge is 2.27. The van der Waals surface area contributed by atoms with Crippen LogP contribution in [0.5, 0.6) is 0 Å². The molecule has 0 unspecified atom stereocenters. The molecule has 0 spiro atoms. The third-order valence-electron chi connectivity index (χ3n) is 3.12. The fourth-order valence-electron chi connectivity index (χ4n) is 2.12. The number of para-hydroxylation sites is 1. The molecule has 0 aliphatic rings. The van der Waals surface area contributed by atoms with E-state index in [1.54, 1.807) is 0 Å². The van der Waals surface area contributed by atoms with Crippen LogP contribution < -0.4 is 4.72 Å². The largest absolute Gasteiger partial charge is 0.289 e. The Balaban J connectivity index is 2.10. The highest BCUT2D eigenvalue weighted by Crippen LogP contribution is 2.28. The second-order valence-corrected chi connectivity index (χ2v) is 6.22. The van der Waals surface area contributed by atoms with Crippen LogP contribution >= 0.6 is 0 Å². The lowest BCUT2D eigenvalue weighted by atomic mass is 10.2. The number of nitro benzene ring substituents is 1. The number of rotatable bonds is 4. The normalized spacial score (nSPS) is 11.5. The van der Waals surface area contributed by atoms with Gasteiger partial charge in [0.05, 0.1) is 15.8 Å². The first kappa shape index (κ1) is 14.9. The lowest BCUT2D eigenvalue weighted by Crippen LogP contribution is -2.15. The van der Waals surface area contributed by atoms with Gasteiger partial charge in [0.25, 0.3) is 15.7 Å². The van der Waals surface area contributed by atoms with Gasteiger partial charge in [0.1, 0.15) is 5.82 Å². The predicted molar refractivity (Wildman–Crippen MR) is 80.0 cm³/mol. The van der Waals surface area contributed by atoms with Gasteiger partial charge in [-0.3, -0.25) is 19.9 Å². The van der Waals surface area contributed by atoms with Gasteiger partial charge >= 0.3 is 0 Å². The molecule has 10 heteroatoms. The topological polar surface area (TPSA) is 118 Å². The number of halogens is 1. The Morgan fingerprint density at radius 1 is 1.17 bits per heavy atom. The monoisotopic (exact) mass is 336 g/mol. The summed E-state index contributed by atoms with van der Waals surface area (Å²) in [4.78, 5) is 9.63. The molecular formula is C13H9FN4O4S. The summed E-state index contributed by atoms with van der Waals surface area (Å²) in [7, 11) is -4.31. The molecule has 0 radical (unpaired) electrons. The van der Waals surface area contributed by atoms with Crippen molar-refractivity contribution in [2.75, 3.05) is 4.72 Å². The van der Waals surface area contributed by atoms with Gasteiger partial charge in [0, 0.05) is 6.07 Å². The summed E-state index contributed by atoms with van der Waals surface area (Å²) in [6.45, 7) is 0. The van der Waals surface area contributed by atoms with Crippen LogP contribution in [0.3, 0.4) is 0 Å². The Morgan fingerprint density at radius 2 is 1.91 bits per heavy atom. The van der Waals surface area contributed by atoms with Crippen molar-refractivity contribution in [3.8, 4) is 0 Å². The second kappa shape index (κ2) is 5.32. The van der Waals surface area contributed by atoms with Crippen LogP contribution in [0, 0.1) is 15.9 Å². The van der Waals surface area contributed by atoms with Gasteiger partial charge < -0.3 is 0 Å². The minimum Gasteiger partial charge on any atom is -0.276 e. The van der Waals surface area contributed by atoms with E-state index in [0.717, 1.165) is 18.2 Å². The zero-order chi connectivity index (χ0) is 16.6. The van der Waals surface area contributed by atoms with Crippen LogP contribution in [0.4, 0.5) is 15.9 Å². The highest BCUT2D eigenvalue weighted by molar-refractivity contribution is 7.92. The van der Waals surface area contributed by atoms with E-state index in [2.05, 4.69) is 14.9 Å². The molecule has 2 N–H and O–H groups in total. The van der Waals surface area contributed by atoms with E-state index < -0.39 is 31.3 Å². The molecule has 3 rings (SSSR count). The van der Waals surface area contributed by atoms with Crippen molar-refractivity contribution in [3.63, 3.8) is 0 Å². The van der Waals surface area contributed by atoms with Crippen molar-refractivity contribution in [1.29, 1.82) is 0 Å². The molecule has 23 heavy (non-hydrogen) atoms. The number of nitrogens with zero attached hydrogens (tertiary/aromatic N) is 2. The highest BCUT2D eigenvalue weighted by atomic mass is 32.2. The third-order valence-corrected chi connectivity index (χ3v) is 4.51. The van der Waals surface area contributed by atoms with E-state index in [4.69, 9.17) is 0 Å². The van der Waals surface area contributed by atoms with Gasteiger partial charge in [-0.05, 0) is 18.2 Å². The van der Waals surface area contributed by atoms with Gasteiger partial charge in [0.15, 0.2) is 10.7 Å². The summed E-state index contributed by atoms with van der Waals surface area (Å²) in [5, 5.41) is 17.1. The molecule has 0 saturated carbocycles. The third kappa shape index (κ3) is 2.59. The summed E-state index contributed by atoms with van der Waals surface area (Å²) in [5.74, 6) is -0.937. The van der Waals surface area contributed by atoms with Crippen molar-refractivity contribution < 1.29 is 17.7 Å². The standard InChI is InChI=1S/C13H9FN4O4S/c14-8-4-3-5-9-12(8)13(16-15-9)17-23(21,22)11-7-2-1-6-10(11)18(19)20/h1-7H,(H2,15,16,17). The van der Waals surface area contributed by atoms with Crippen LogP contribution in [-0.4, -0.2) is 23.5 Å². The summed E-state index contributed by atoms with van der Waals surface area (Å²) in [6, 6.07) is 8.97. The van der Waals surface area contributed by atoms with E-state index in [9.17, 15) is 22.9 Å².